The Morgan fingerprint density at radius 1 is 1.48 bits per heavy atom. The Bertz CT molecular complexity index is 524. The van der Waals surface area contributed by atoms with Gasteiger partial charge in [0.25, 0.3) is 0 Å². The Labute approximate surface area is 123 Å². The highest BCUT2D eigenvalue weighted by molar-refractivity contribution is 5.86. The maximum absolute atomic E-state index is 13.8. The molecule has 4 nitrogen and oxygen atoms in total. The lowest BCUT2D eigenvalue weighted by Gasteiger charge is -2.36. The van der Waals surface area contributed by atoms with Crippen molar-refractivity contribution in [2.75, 3.05) is 27.3 Å². The monoisotopic (exact) mass is 298 g/mol. The van der Waals surface area contributed by atoms with Crippen molar-refractivity contribution >= 4 is 5.91 Å². The Balaban J connectivity index is 2.28. The van der Waals surface area contributed by atoms with E-state index < -0.39 is 17.2 Å². The molecule has 0 bridgehead atoms. The molecule has 6 heteroatoms. The van der Waals surface area contributed by atoms with Crippen LogP contribution in [0.5, 0.6) is 0 Å². The fraction of sp³-hybridized carbons (Fsp3) is 0.533. The second-order valence-electron chi connectivity index (χ2n) is 5.30. The second-order valence-corrected chi connectivity index (χ2v) is 5.30. The van der Waals surface area contributed by atoms with E-state index in [2.05, 4.69) is 5.32 Å². The molecule has 0 aromatic heterocycles. The van der Waals surface area contributed by atoms with Crippen LogP contribution in [0.25, 0.3) is 0 Å². The lowest BCUT2D eigenvalue weighted by molar-refractivity contribution is -0.135. The van der Waals surface area contributed by atoms with Gasteiger partial charge in [-0.1, -0.05) is 0 Å². The number of hydrogen-bond donors (Lipinski definition) is 1. The van der Waals surface area contributed by atoms with Crippen molar-refractivity contribution in [3.8, 4) is 0 Å². The average molecular weight is 298 g/mol. The van der Waals surface area contributed by atoms with Crippen molar-refractivity contribution in [3.05, 3.63) is 35.4 Å². The van der Waals surface area contributed by atoms with Crippen LogP contribution >= 0.6 is 0 Å². The van der Waals surface area contributed by atoms with Crippen molar-refractivity contribution in [1.29, 1.82) is 0 Å². The van der Waals surface area contributed by atoms with Crippen LogP contribution < -0.4 is 5.32 Å². The summed E-state index contributed by atoms with van der Waals surface area (Å²) < 4.78 is 32.3. The van der Waals surface area contributed by atoms with Crippen molar-refractivity contribution in [1.82, 2.24) is 10.2 Å². The lowest BCUT2D eigenvalue weighted by atomic mass is 9.95. The number of carbonyl (C=O) groups excluding carboxylic acids is 1. The molecular formula is C15H20F2N2O2. The van der Waals surface area contributed by atoms with Crippen LogP contribution in [0.2, 0.25) is 0 Å². The summed E-state index contributed by atoms with van der Waals surface area (Å²) in [6.45, 7) is 1.05. The van der Waals surface area contributed by atoms with E-state index in [1.54, 1.807) is 7.05 Å². The zero-order chi connectivity index (χ0) is 15.5. The molecule has 1 amide bonds. The van der Waals surface area contributed by atoms with Crippen molar-refractivity contribution in [2.24, 2.45) is 0 Å². The van der Waals surface area contributed by atoms with Gasteiger partial charge in [-0.05, 0) is 37.6 Å². The number of methoxy groups -OCH3 is 1. The second kappa shape index (κ2) is 6.49. The third-order valence-electron chi connectivity index (χ3n) is 4.03. The first-order valence-electron chi connectivity index (χ1n) is 6.93. The molecule has 1 aromatic carbocycles. The Morgan fingerprint density at radius 2 is 2.24 bits per heavy atom. The molecule has 1 aliphatic heterocycles. The molecule has 1 unspecified atom stereocenters. The Kier molecular flexibility index (Phi) is 4.90. The Hall–Kier alpha value is -1.53. The third-order valence-corrected chi connectivity index (χ3v) is 4.03. The highest BCUT2D eigenvalue weighted by Crippen LogP contribution is 2.32. The number of rotatable bonds is 5. The summed E-state index contributed by atoms with van der Waals surface area (Å²) in [5, 5.41) is 2.65. The normalized spacial score (nSPS) is 22.5. The van der Waals surface area contributed by atoms with Gasteiger partial charge in [-0.3, -0.25) is 9.69 Å². The van der Waals surface area contributed by atoms with E-state index in [-0.39, 0.29) is 24.6 Å². The van der Waals surface area contributed by atoms with Crippen molar-refractivity contribution in [3.63, 3.8) is 0 Å². The smallest absolute Gasteiger partial charge is 0.242 e. The number of benzene rings is 1. The van der Waals surface area contributed by atoms with Gasteiger partial charge in [0.1, 0.15) is 17.2 Å². The van der Waals surface area contributed by atoms with Crippen molar-refractivity contribution in [2.45, 2.75) is 24.9 Å². The van der Waals surface area contributed by atoms with Crippen LogP contribution in [0, 0.1) is 11.6 Å². The largest absolute Gasteiger partial charge is 0.382 e. The molecule has 0 saturated carbocycles. The zero-order valence-electron chi connectivity index (χ0n) is 12.3. The molecule has 21 heavy (non-hydrogen) atoms. The van der Waals surface area contributed by atoms with Gasteiger partial charge >= 0.3 is 0 Å². The SMILES string of the molecule is CNC(=O)C1(COC)CCCN1Cc1cc(F)ccc1F. The van der Waals surface area contributed by atoms with Gasteiger partial charge in [-0.15, -0.1) is 0 Å². The van der Waals surface area contributed by atoms with Crippen LogP contribution in [-0.4, -0.2) is 43.7 Å². The number of hydrogen-bond acceptors (Lipinski definition) is 3. The number of halogens is 2. The van der Waals surface area contributed by atoms with Gasteiger partial charge < -0.3 is 10.1 Å². The number of amides is 1. The zero-order valence-corrected chi connectivity index (χ0v) is 12.3. The molecule has 1 saturated heterocycles. The van der Waals surface area contributed by atoms with Gasteiger partial charge in [0, 0.05) is 26.3 Å². The number of likely N-dealkylation sites (N-methyl/N-ethyl adjacent to an activating group) is 1. The van der Waals surface area contributed by atoms with Gasteiger partial charge in [0.2, 0.25) is 5.91 Å². The van der Waals surface area contributed by atoms with Crippen LogP contribution in [0.1, 0.15) is 18.4 Å². The minimum atomic E-state index is -0.817. The van der Waals surface area contributed by atoms with E-state index in [9.17, 15) is 13.6 Å². The first-order valence-corrected chi connectivity index (χ1v) is 6.93. The molecule has 0 aliphatic carbocycles. The summed E-state index contributed by atoms with van der Waals surface area (Å²) in [7, 11) is 3.10. The number of nitrogens with one attached hydrogen (secondary N) is 1. The first-order chi connectivity index (χ1) is 10.0. The average Bonchev–Trinajstić information content (AvgIpc) is 2.86. The van der Waals surface area contributed by atoms with Gasteiger partial charge in [0.15, 0.2) is 0 Å². The van der Waals surface area contributed by atoms with Gasteiger partial charge in [-0.25, -0.2) is 8.78 Å². The summed E-state index contributed by atoms with van der Waals surface area (Å²) in [5.74, 6) is -1.10. The fourth-order valence-corrected chi connectivity index (χ4v) is 2.99. The van der Waals surface area contributed by atoms with Gasteiger partial charge in [-0.2, -0.15) is 0 Å². The molecule has 1 fully saturated rings. The number of nitrogens with zero attached hydrogens (tertiary/aromatic N) is 1. The molecule has 0 spiro atoms. The molecule has 116 valence electrons. The van der Waals surface area contributed by atoms with Crippen LogP contribution in [-0.2, 0) is 16.1 Å². The molecule has 1 aliphatic rings. The summed E-state index contributed by atoms with van der Waals surface area (Å²) in [5.41, 5.74) is -0.566. The topological polar surface area (TPSA) is 41.6 Å². The van der Waals surface area contributed by atoms with Crippen LogP contribution in [0.3, 0.4) is 0 Å². The molecule has 1 atom stereocenters. The molecular weight excluding hydrogens is 278 g/mol. The molecule has 1 heterocycles. The summed E-state index contributed by atoms with van der Waals surface area (Å²) in [6.07, 6.45) is 1.45. The predicted molar refractivity (Wildman–Crippen MR) is 74.7 cm³/mol. The van der Waals surface area contributed by atoms with E-state index in [1.807, 2.05) is 4.90 Å². The quantitative estimate of drug-likeness (QED) is 0.899. The first kappa shape index (κ1) is 15.9. The van der Waals surface area contributed by atoms with Gasteiger partial charge in [0.05, 0.1) is 6.61 Å². The summed E-state index contributed by atoms with van der Waals surface area (Å²) in [6, 6.07) is 3.37. The minimum Gasteiger partial charge on any atom is -0.382 e. The van der Waals surface area contributed by atoms with E-state index >= 15 is 0 Å². The molecule has 0 radical (unpaired) electrons. The third kappa shape index (κ3) is 3.06. The maximum atomic E-state index is 13.8. The highest BCUT2D eigenvalue weighted by Gasteiger charge is 2.47. The lowest BCUT2D eigenvalue weighted by Crippen LogP contribution is -2.57. The minimum absolute atomic E-state index is 0.154. The van der Waals surface area contributed by atoms with Crippen LogP contribution in [0.4, 0.5) is 8.78 Å². The van der Waals surface area contributed by atoms with E-state index in [0.717, 1.165) is 18.6 Å². The van der Waals surface area contributed by atoms with E-state index in [1.165, 1.54) is 13.2 Å². The van der Waals surface area contributed by atoms with E-state index in [4.69, 9.17) is 4.74 Å². The standard InChI is InChI=1S/C15H20F2N2O2/c1-18-14(20)15(10-21-2)6-3-7-19(15)9-11-8-12(16)4-5-13(11)17/h4-5,8H,3,6-7,9-10H2,1-2H3,(H,18,20). The van der Waals surface area contributed by atoms with E-state index in [0.29, 0.717) is 13.0 Å². The fourth-order valence-electron chi connectivity index (χ4n) is 2.99. The number of carbonyl (C=O) groups is 1. The van der Waals surface area contributed by atoms with Crippen LogP contribution in [0.15, 0.2) is 18.2 Å². The highest BCUT2D eigenvalue weighted by atomic mass is 19.1. The number of likely N-dealkylation sites (tertiary alicyclic amines) is 1. The summed E-state index contributed by atoms with van der Waals surface area (Å²) >= 11 is 0. The molecule has 1 N–H and O–H groups in total. The maximum Gasteiger partial charge on any atom is 0.242 e. The van der Waals surface area contributed by atoms with Crippen molar-refractivity contribution < 1.29 is 18.3 Å². The Morgan fingerprint density at radius 3 is 2.90 bits per heavy atom. The summed E-state index contributed by atoms with van der Waals surface area (Å²) in [4.78, 5) is 14.1. The number of ether oxygens (including phenoxy) is 1. The molecule has 1 aromatic rings. The molecule has 2 rings (SSSR count). The predicted octanol–water partition coefficient (Wildman–Crippen LogP) is 1.69.